The zero-order chi connectivity index (χ0) is 63.5. The van der Waals surface area contributed by atoms with Crippen molar-refractivity contribution in [3.05, 3.63) is 363 Å². The van der Waals surface area contributed by atoms with E-state index in [2.05, 4.69) is 366 Å². The molecule has 5 nitrogen and oxygen atoms in total. The summed E-state index contributed by atoms with van der Waals surface area (Å²) in [5.41, 5.74) is 32.0. The summed E-state index contributed by atoms with van der Waals surface area (Å²) < 4.78 is 2.52. The van der Waals surface area contributed by atoms with Gasteiger partial charge in [-0.25, -0.2) is 0 Å². The zero-order valence-corrected chi connectivity index (χ0v) is 52.7. The maximum absolute atomic E-state index is 5.14. The van der Waals surface area contributed by atoms with Gasteiger partial charge in [0.2, 0.25) is 0 Å². The number of rotatable bonds is 13. The normalized spacial score (nSPS) is 12.2. The number of anilines is 4. The molecule has 0 amide bonds. The molecule has 0 unspecified atom stereocenters. The van der Waals surface area contributed by atoms with Crippen molar-refractivity contribution in [2.24, 2.45) is 0 Å². The van der Waals surface area contributed by atoms with Crippen molar-refractivity contribution in [3.8, 4) is 95.0 Å². The minimum absolute atomic E-state index is 0.184. The van der Waals surface area contributed by atoms with Gasteiger partial charge in [-0.05, 0) is 132 Å². The highest BCUT2D eigenvalue weighted by Gasteiger charge is 2.44. The SMILES string of the molecule is c1ccc(-c2ccc(-c3ccc4c(c3)N(Cc3c(-c5ccccc5)cccc3-c3ccccc3)c3cc(-n5c6ccccc6c6ccccc65)cc5c3B4c3ccc(-c4ccc(-c6ccccc6)nc4)cc3N5Cc3c(-c4ccccc4)cccc3-c3ccccc3)cn2)cc1. The Hall–Kier alpha value is -12.4. The van der Waals surface area contributed by atoms with Crippen molar-refractivity contribution in [2.45, 2.75) is 13.1 Å². The third-order valence-corrected chi connectivity index (χ3v) is 19.8. The van der Waals surface area contributed by atoms with E-state index in [0.29, 0.717) is 13.1 Å². The molecule has 0 bridgehead atoms. The highest BCUT2D eigenvalue weighted by Crippen LogP contribution is 2.47. The standard InChI is InChI=1S/C90H62BN5/c1-7-25-61(26-8-1)72-39-23-40-73(62-27-9-2-10-28-62)78(72)59-94-86-53-67(69-47-51-82(92-57-69)65-33-15-5-16-34-65)45-49-80(86)91-81-50-46-68(70-48-52-83(93-58-70)66-35-17-6-18-36-66)54-87(81)95(60-79-74(63-29-11-3-12-30-63)41-24-42-75(79)64-31-13-4-14-32-64)89-56-71(55-88(94)90(89)91)96-84-43-21-19-37-76(84)77-38-20-22-44-85(77)96/h1-58H,59-60H2. The number of benzene rings is 13. The highest BCUT2D eigenvalue weighted by molar-refractivity contribution is 7.00. The van der Waals surface area contributed by atoms with Gasteiger partial charge in [0.1, 0.15) is 0 Å². The van der Waals surface area contributed by atoms with Crippen molar-refractivity contribution in [1.82, 2.24) is 14.5 Å². The number of nitrogens with zero attached hydrogens (tertiary/aromatic N) is 5. The molecule has 0 saturated carbocycles. The smallest absolute Gasteiger partial charge is 0.252 e. The maximum Gasteiger partial charge on any atom is 0.252 e. The summed E-state index contributed by atoms with van der Waals surface area (Å²) in [6.07, 6.45) is 4.10. The summed E-state index contributed by atoms with van der Waals surface area (Å²) in [6.45, 7) is 0.926. The lowest BCUT2D eigenvalue weighted by Gasteiger charge is -2.45. The van der Waals surface area contributed by atoms with Gasteiger partial charge in [0.15, 0.2) is 0 Å². The second kappa shape index (κ2) is 23.9. The van der Waals surface area contributed by atoms with E-state index >= 15 is 0 Å². The van der Waals surface area contributed by atoms with Crippen LogP contribution in [0.4, 0.5) is 22.7 Å². The fraction of sp³-hybridized carbons (Fsp3) is 0.0222. The average Bonchev–Trinajstić information content (AvgIpc) is 0.813. The monoisotopic (exact) mass is 1220 g/mol. The summed E-state index contributed by atoms with van der Waals surface area (Å²) in [4.78, 5) is 15.6. The quantitative estimate of drug-likeness (QED) is 0.108. The van der Waals surface area contributed by atoms with Gasteiger partial charge in [-0.15, -0.1) is 0 Å². The topological polar surface area (TPSA) is 37.2 Å². The van der Waals surface area contributed by atoms with Gasteiger partial charge in [-0.1, -0.05) is 291 Å². The first kappa shape index (κ1) is 56.4. The second-order valence-electron chi connectivity index (χ2n) is 25.1. The molecule has 2 aliphatic heterocycles. The molecule has 13 aromatic carbocycles. The lowest BCUT2D eigenvalue weighted by Crippen LogP contribution is -2.62. The number of aromatic nitrogens is 3. The molecule has 18 rings (SSSR count). The first-order chi connectivity index (χ1) is 47.6. The number of fused-ring (bicyclic) bond motifs is 7. The molecule has 0 aliphatic carbocycles. The minimum Gasteiger partial charge on any atom is -0.338 e. The van der Waals surface area contributed by atoms with Gasteiger partial charge in [0.25, 0.3) is 6.71 Å². The fourth-order valence-electron chi connectivity index (χ4n) is 15.2. The first-order valence-electron chi connectivity index (χ1n) is 33.1. The molecule has 0 N–H and O–H groups in total. The Morgan fingerprint density at radius 2 is 0.594 bits per heavy atom. The van der Waals surface area contributed by atoms with Gasteiger partial charge in [-0.3, -0.25) is 9.97 Å². The van der Waals surface area contributed by atoms with Crippen molar-refractivity contribution in [1.29, 1.82) is 0 Å². The predicted molar refractivity (Wildman–Crippen MR) is 402 cm³/mol. The molecular weight excluding hydrogens is 1160 g/mol. The molecule has 0 fully saturated rings. The van der Waals surface area contributed by atoms with Crippen molar-refractivity contribution < 1.29 is 0 Å². The van der Waals surface area contributed by atoms with Crippen LogP contribution in [-0.2, 0) is 13.1 Å². The third-order valence-electron chi connectivity index (χ3n) is 19.8. The van der Waals surface area contributed by atoms with Crippen LogP contribution >= 0.6 is 0 Å². The van der Waals surface area contributed by atoms with Crippen LogP contribution in [0.5, 0.6) is 0 Å². The van der Waals surface area contributed by atoms with Crippen LogP contribution in [0, 0.1) is 0 Å². The Morgan fingerprint density at radius 1 is 0.260 bits per heavy atom. The number of hydrogen-bond acceptors (Lipinski definition) is 4. The van der Waals surface area contributed by atoms with Crippen LogP contribution in [0.1, 0.15) is 11.1 Å². The Balaban J connectivity index is 0.942. The van der Waals surface area contributed by atoms with Crippen molar-refractivity contribution in [3.63, 3.8) is 0 Å². The molecule has 96 heavy (non-hydrogen) atoms. The zero-order valence-electron chi connectivity index (χ0n) is 52.7. The number of para-hydroxylation sites is 2. The molecule has 0 radical (unpaired) electrons. The highest BCUT2D eigenvalue weighted by atomic mass is 15.2. The van der Waals surface area contributed by atoms with E-state index in [1.165, 1.54) is 82.8 Å². The van der Waals surface area contributed by atoms with Gasteiger partial charge in [0.05, 0.1) is 28.1 Å². The van der Waals surface area contributed by atoms with Crippen LogP contribution in [0.2, 0.25) is 0 Å². The van der Waals surface area contributed by atoms with E-state index in [0.717, 1.165) is 84.2 Å². The molecule has 450 valence electrons. The van der Waals surface area contributed by atoms with E-state index in [4.69, 9.17) is 9.97 Å². The average molecular weight is 1220 g/mol. The second-order valence-corrected chi connectivity index (χ2v) is 25.1. The summed E-state index contributed by atoms with van der Waals surface area (Å²) in [6, 6.07) is 125. The van der Waals surface area contributed by atoms with Gasteiger partial charge >= 0.3 is 0 Å². The van der Waals surface area contributed by atoms with Gasteiger partial charge in [0, 0.05) is 81.3 Å². The van der Waals surface area contributed by atoms with Crippen LogP contribution in [0.15, 0.2) is 352 Å². The van der Waals surface area contributed by atoms with Crippen LogP contribution in [0.3, 0.4) is 0 Å². The first-order valence-corrected chi connectivity index (χ1v) is 33.1. The Morgan fingerprint density at radius 3 is 0.948 bits per heavy atom. The molecular formula is C90H62BN5. The van der Waals surface area contributed by atoms with Crippen molar-refractivity contribution in [2.75, 3.05) is 9.80 Å². The molecule has 0 saturated heterocycles. The number of hydrogen-bond donors (Lipinski definition) is 0. The maximum atomic E-state index is 5.14. The molecule has 3 aromatic heterocycles. The van der Waals surface area contributed by atoms with E-state index < -0.39 is 0 Å². The molecule has 0 spiro atoms. The van der Waals surface area contributed by atoms with Crippen LogP contribution < -0.4 is 26.2 Å². The van der Waals surface area contributed by atoms with Gasteiger partial charge in [-0.2, -0.15) is 0 Å². The summed E-state index contributed by atoms with van der Waals surface area (Å²) in [5.74, 6) is 0. The summed E-state index contributed by atoms with van der Waals surface area (Å²) >= 11 is 0. The van der Waals surface area contributed by atoms with Crippen molar-refractivity contribution >= 4 is 67.7 Å². The van der Waals surface area contributed by atoms with E-state index in [-0.39, 0.29) is 6.71 Å². The number of pyridine rings is 2. The van der Waals surface area contributed by atoms with Crippen LogP contribution in [0.25, 0.3) is 117 Å². The van der Waals surface area contributed by atoms with E-state index in [1.54, 1.807) is 0 Å². The fourth-order valence-corrected chi connectivity index (χ4v) is 15.2. The van der Waals surface area contributed by atoms with E-state index in [9.17, 15) is 0 Å². The van der Waals surface area contributed by atoms with Crippen LogP contribution in [-0.4, -0.2) is 21.2 Å². The molecule has 5 heterocycles. The summed E-state index contributed by atoms with van der Waals surface area (Å²) in [5, 5.41) is 2.42. The molecule has 0 atom stereocenters. The molecule has 6 heteroatoms. The Labute approximate surface area is 559 Å². The molecule has 2 aliphatic rings. The third kappa shape index (κ3) is 9.89. The van der Waals surface area contributed by atoms with E-state index in [1.807, 2.05) is 0 Å². The largest absolute Gasteiger partial charge is 0.338 e. The lowest BCUT2D eigenvalue weighted by atomic mass is 9.33. The predicted octanol–water partition coefficient (Wildman–Crippen LogP) is 20.7. The minimum atomic E-state index is -0.184. The lowest BCUT2D eigenvalue weighted by molar-refractivity contribution is 0.961. The van der Waals surface area contributed by atoms with Gasteiger partial charge < -0.3 is 14.4 Å². The Kier molecular flexibility index (Phi) is 14.1. The molecule has 16 aromatic rings. The summed E-state index contributed by atoms with van der Waals surface area (Å²) in [7, 11) is 0. The Bertz CT molecular complexity index is 5110.